The second-order valence-corrected chi connectivity index (χ2v) is 6.74. The van der Waals surface area contributed by atoms with E-state index in [0.717, 1.165) is 19.4 Å². The molecule has 0 aliphatic heterocycles. The van der Waals surface area contributed by atoms with Gasteiger partial charge in [0.1, 0.15) is 0 Å². The summed E-state index contributed by atoms with van der Waals surface area (Å²) in [7, 11) is 0. The van der Waals surface area contributed by atoms with Gasteiger partial charge in [-0.3, -0.25) is 4.79 Å². The lowest BCUT2D eigenvalue weighted by atomic mass is 9.92. The second-order valence-electron chi connectivity index (χ2n) is 6.74. The van der Waals surface area contributed by atoms with Crippen molar-refractivity contribution in [3.8, 4) is 11.8 Å². The standard InChI is InChI=1S/C15H27NO/c1-14(2,3)10-8-7-9-11-16-13(17)12-15(4,5)6/h7,9,11-12H2,1-6H3,(H,16,17). The Morgan fingerprint density at radius 1 is 1.12 bits per heavy atom. The van der Waals surface area contributed by atoms with Gasteiger partial charge in [-0.15, -0.1) is 5.92 Å². The highest BCUT2D eigenvalue weighted by Crippen LogP contribution is 2.17. The summed E-state index contributed by atoms with van der Waals surface area (Å²) in [5.41, 5.74) is 0.144. The Hall–Kier alpha value is -0.970. The molecule has 0 heterocycles. The number of rotatable bonds is 4. The predicted octanol–water partition coefficient (Wildman–Crippen LogP) is 3.37. The molecule has 0 aromatic heterocycles. The van der Waals surface area contributed by atoms with E-state index in [0.29, 0.717) is 6.42 Å². The van der Waals surface area contributed by atoms with E-state index in [2.05, 4.69) is 58.7 Å². The minimum absolute atomic E-state index is 0.0656. The maximum absolute atomic E-state index is 11.5. The smallest absolute Gasteiger partial charge is 0.220 e. The molecule has 0 aromatic rings. The van der Waals surface area contributed by atoms with Crippen molar-refractivity contribution in [1.82, 2.24) is 5.32 Å². The third-order valence-electron chi connectivity index (χ3n) is 1.95. The van der Waals surface area contributed by atoms with Crippen LogP contribution < -0.4 is 5.32 Å². The fraction of sp³-hybridized carbons (Fsp3) is 0.800. The third kappa shape index (κ3) is 13.0. The van der Waals surface area contributed by atoms with E-state index in [-0.39, 0.29) is 16.7 Å². The topological polar surface area (TPSA) is 29.1 Å². The lowest BCUT2D eigenvalue weighted by Crippen LogP contribution is -2.28. The maximum atomic E-state index is 11.5. The van der Waals surface area contributed by atoms with Gasteiger partial charge in [0.15, 0.2) is 0 Å². The van der Waals surface area contributed by atoms with Gasteiger partial charge < -0.3 is 5.32 Å². The Bertz CT molecular complexity index is 294. The van der Waals surface area contributed by atoms with E-state index in [1.807, 2.05) is 0 Å². The molecule has 0 saturated heterocycles. The second kappa shape index (κ2) is 6.69. The first kappa shape index (κ1) is 16.0. The zero-order chi connectivity index (χ0) is 13.5. The average Bonchev–Trinajstić information content (AvgIpc) is 2.06. The molecule has 0 aliphatic carbocycles. The van der Waals surface area contributed by atoms with Crippen molar-refractivity contribution in [1.29, 1.82) is 0 Å². The SMILES string of the molecule is CC(C)(C)C#CCCCNC(=O)CC(C)(C)C. The van der Waals surface area contributed by atoms with Gasteiger partial charge in [0, 0.05) is 24.8 Å². The highest BCUT2D eigenvalue weighted by Gasteiger charge is 2.14. The Balaban J connectivity index is 3.65. The van der Waals surface area contributed by atoms with Gasteiger partial charge in [-0.2, -0.15) is 0 Å². The zero-order valence-corrected chi connectivity index (χ0v) is 12.2. The highest BCUT2D eigenvalue weighted by molar-refractivity contribution is 5.76. The van der Waals surface area contributed by atoms with E-state index < -0.39 is 0 Å². The number of hydrogen-bond donors (Lipinski definition) is 1. The van der Waals surface area contributed by atoms with Crippen LogP contribution in [0.3, 0.4) is 0 Å². The fourth-order valence-electron chi connectivity index (χ4n) is 1.28. The van der Waals surface area contributed by atoms with Crippen LogP contribution >= 0.6 is 0 Å². The molecule has 2 nitrogen and oxygen atoms in total. The van der Waals surface area contributed by atoms with Crippen molar-refractivity contribution < 1.29 is 4.79 Å². The zero-order valence-electron chi connectivity index (χ0n) is 12.2. The molecule has 0 aromatic carbocycles. The molecule has 0 rings (SSSR count). The quantitative estimate of drug-likeness (QED) is 0.589. The van der Waals surface area contributed by atoms with E-state index in [1.165, 1.54) is 0 Å². The Labute approximate surface area is 107 Å². The normalized spacial score (nSPS) is 11.6. The van der Waals surface area contributed by atoms with Crippen LogP contribution in [0.2, 0.25) is 0 Å². The number of unbranched alkanes of at least 4 members (excludes halogenated alkanes) is 1. The lowest BCUT2D eigenvalue weighted by molar-refractivity contribution is -0.122. The monoisotopic (exact) mass is 237 g/mol. The van der Waals surface area contributed by atoms with Crippen molar-refractivity contribution in [2.24, 2.45) is 10.8 Å². The number of amides is 1. The Morgan fingerprint density at radius 3 is 2.18 bits per heavy atom. The van der Waals surface area contributed by atoms with E-state index >= 15 is 0 Å². The molecule has 0 spiro atoms. The molecule has 0 unspecified atom stereocenters. The van der Waals surface area contributed by atoms with Crippen molar-refractivity contribution in [2.45, 2.75) is 60.8 Å². The van der Waals surface area contributed by atoms with Gasteiger partial charge in [-0.25, -0.2) is 0 Å². The lowest BCUT2D eigenvalue weighted by Gasteiger charge is -2.17. The summed E-state index contributed by atoms with van der Waals surface area (Å²) in [6.45, 7) is 13.2. The van der Waals surface area contributed by atoms with Gasteiger partial charge in [-0.05, 0) is 32.6 Å². The van der Waals surface area contributed by atoms with E-state index in [9.17, 15) is 4.79 Å². The maximum Gasteiger partial charge on any atom is 0.220 e. The predicted molar refractivity (Wildman–Crippen MR) is 73.5 cm³/mol. The van der Waals surface area contributed by atoms with Gasteiger partial charge in [-0.1, -0.05) is 26.7 Å². The summed E-state index contributed by atoms with van der Waals surface area (Å²) in [4.78, 5) is 11.5. The van der Waals surface area contributed by atoms with Crippen LogP contribution in [0.5, 0.6) is 0 Å². The molecule has 1 N–H and O–H groups in total. The van der Waals surface area contributed by atoms with Crippen LogP contribution in [0.15, 0.2) is 0 Å². The summed E-state index contributed by atoms with van der Waals surface area (Å²) in [6.07, 6.45) is 2.37. The summed E-state index contributed by atoms with van der Waals surface area (Å²) >= 11 is 0. The van der Waals surface area contributed by atoms with Crippen LogP contribution in [0, 0.1) is 22.7 Å². The molecule has 17 heavy (non-hydrogen) atoms. The first-order valence-corrected chi connectivity index (χ1v) is 6.37. The van der Waals surface area contributed by atoms with Crippen LogP contribution in [0.1, 0.15) is 60.8 Å². The van der Waals surface area contributed by atoms with Crippen molar-refractivity contribution in [2.75, 3.05) is 6.54 Å². The van der Waals surface area contributed by atoms with E-state index in [4.69, 9.17) is 0 Å². The fourth-order valence-corrected chi connectivity index (χ4v) is 1.28. The molecule has 0 radical (unpaired) electrons. The van der Waals surface area contributed by atoms with Crippen LogP contribution in [0.4, 0.5) is 0 Å². The molecule has 0 aliphatic rings. The minimum Gasteiger partial charge on any atom is -0.356 e. The van der Waals surface area contributed by atoms with Crippen molar-refractivity contribution >= 4 is 5.91 Å². The van der Waals surface area contributed by atoms with Gasteiger partial charge in [0.2, 0.25) is 5.91 Å². The number of carbonyl (C=O) groups is 1. The van der Waals surface area contributed by atoms with Crippen molar-refractivity contribution in [3.63, 3.8) is 0 Å². The van der Waals surface area contributed by atoms with Crippen LogP contribution in [-0.4, -0.2) is 12.5 Å². The number of carbonyl (C=O) groups excluding carboxylic acids is 1. The average molecular weight is 237 g/mol. The van der Waals surface area contributed by atoms with Crippen LogP contribution in [-0.2, 0) is 4.79 Å². The molecule has 0 atom stereocenters. The van der Waals surface area contributed by atoms with Gasteiger partial charge in [0.05, 0.1) is 0 Å². The summed E-state index contributed by atoms with van der Waals surface area (Å²) < 4.78 is 0. The Morgan fingerprint density at radius 2 is 1.71 bits per heavy atom. The largest absolute Gasteiger partial charge is 0.356 e. The molecule has 0 fully saturated rings. The third-order valence-corrected chi connectivity index (χ3v) is 1.95. The first-order chi connectivity index (χ1) is 7.60. The molecule has 98 valence electrons. The molecule has 2 heteroatoms. The van der Waals surface area contributed by atoms with Gasteiger partial charge >= 0.3 is 0 Å². The van der Waals surface area contributed by atoms with Gasteiger partial charge in [0.25, 0.3) is 0 Å². The van der Waals surface area contributed by atoms with Crippen molar-refractivity contribution in [3.05, 3.63) is 0 Å². The molecule has 0 bridgehead atoms. The van der Waals surface area contributed by atoms with Crippen LogP contribution in [0.25, 0.3) is 0 Å². The highest BCUT2D eigenvalue weighted by atomic mass is 16.1. The van der Waals surface area contributed by atoms with E-state index in [1.54, 1.807) is 0 Å². The number of hydrogen-bond acceptors (Lipinski definition) is 1. The molecular formula is C15H27NO. The Kier molecular flexibility index (Phi) is 6.31. The summed E-state index contributed by atoms with van der Waals surface area (Å²) in [5.74, 6) is 6.47. The first-order valence-electron chi connectivity index (χ1n) is 6.37. The molecular weight excluding hydrogens is 210 g/mol. The molecule has 0 saturated carbocycles. The number of nitrogens with one attached hydrogen (secondary N) is 1. The summed E-state index contributed by atoms with van der Waals surface area (Å²) in [6, 6.07) is 0. The summed E-state index contributed by atoms with van der Waals surface area (Å²) in [5, 5.41) is 2.93. The minimum atomic E-state index is 0.0656. The molecule has 1 amide bonds.